The van der Waals surface area contributed by atoms with Crippen LogP contribution in [-0.2, 0) is 11.3 Å². The predicted molar refractivity (Wildman–Crippen MR) is 99.4 cm³/mol. The van der Waals surface area contributed by atoms with Crippen molar-refractivity contribution in [3.63, 3.8) is 0 Å². The van der Waals surface area contributed by atoms with E-state index in [9.17, 15) is 4.79 Å². The number of benzene rings is 1. The Hall–Kier alpha value is -1.43. The molecule has 4 atom stereocenters. The normalized spacial score (nSPS) is 30.4. The van der Waals surface area contributed by atoms with E-state index in [0.29, 0.717) is 12.5 Å². The minimum absolute atomic E-state index is 0.0190. The summed E-state index contributed by atoms with van der Waals surface area (Å²) in [6, 6.07) is 8.23. The van der Waals surface area contributed by atoms with E-state index in [-0.39, 0.29) is 24.2 Å². The average Bonchev–Trinajstić information content (AvgIpc) is 3.01. The van der Waals surface area contributed by atoms with Crippen LogP contribution in [-0.4, -0.2) is 48.7 Å². The van der Waals surface area contributed by atoms with Crippen molar-refractivity contribution < 1.29 is 9.53 Å². The lowest BCUT2D eigenvalue weighted by Crippen LogP contribution is -2.44. The van der Waals surface area contributed by atoms with E-state index < -0.39 is 0 Å². The number of ether oxygens (including phenoxy) is 1. The molecule has 0 unspecified atom stereocenters. The first-order valence-electron chi connectivity index (χ1n) is 9.53. The first-order valence-corrected chi connectivity index (χ1v) is 9.53. The first kappa shape index (κ1) is 18.4. The van der Waals surface area contributed by atoms with Crippen LogP contribution in [0.5, 0.6) is 0 Å². The van der Waals surface area contributed by atoms with Gasteiger partial charge in [-0.25, -0.2) is 0 Å². The fourth-order valence-electron chi connectivity index (χ4n) is 4.19. The highest BCUT2D eigenvalue weighted by molar-refractivity contribution is 5.94. The molecule has 5 heteroatoms. The highest BCUT2D eigenvalue weighted by atomic mass is 16.5. The Labute approximate surface area is 150 Å². The summed E-state index contributed by atoms with van der Waals surface area (Å²) < 4.78 is 5.78. The van der Waals surface area contributed by atoms with Gasteiger partial charge in [-0.1, -0.05) is 18.6 Å². The molecule has 1 heterocycles. The van der Waals surface area contributed by atoms with Crippen LogP contribution >= 0.6 is 0 Å². The minimum atomic E-state index is 0.0190. The SMILES string of the molecule is C[C@@H]1CN(Cc2ccc(C(=O)N[C@@H]3CCC[C@H]3CN)cc2)C[C@@H](C)O1. The number of nitrogens with one attached hydrogen (secondary N) is 1. The zero-order valence-electron chi connectivity index (χ0n) is 15.4. The number of carbonyl (C=O) groups excluding carboxylic acids is 1. The summed E-state index contributed by atoms with van der Waals surface area (Å²) >= 11 is 0. The smallest absolute Gasteiger partial charge is 0.251 e. The monoisotopic (exact) mass is 345 g/mol. The van der Waals surface area contributed by atoms with Crippen molar-refractivity contribution in [1.29, 1.82) is 0 Å². The molecular formula is C20H31N3O2. The molecule has 25 heavy (non-hydrogen) atoms. The topological polar surface area (TPSA) is 67.6 Å². The standard InChI is InChI=1S/C20H31N3O2/c1-14-11-23(12-15(2)25-14)13-16-6-8-17(9-7-16)20(24)22-19-5-3-4-18(19)10-21/h6-9,14-15,18-19H,3-5,10-13,21H2,1-2H3,(H,22,24)/t14-,15-,18+,19-/m1/s1. The summed E-state index contributed by atoms with van der Waals surface area (Å²) in [6.45, 7) is 7.70. The number of nitrogens with two attached hydrogens (primary N) is 1. The van der Waals surface area contributed by atoms with Gasteiger partial charge in [-0.2, -0.15) is 0 Å². The number of carbonyl (C=O) groups is 1. The van der Waals surface area contributed by atoms with Gasteiger partial charge in [0, 0.05) is 31.2 Å². The van der Waals surface area contributed by atoms with Gasteiger partial charge in [0.05, 0.1) is 12.2 Å². The van der Waals surface area contributed by atoms with Crippen LogP contribution < -0.4 is 11.1 Å². The number of rotatable bonds is 5. The fraction of sp³-hybridized carbons (Fsp3) is 0.650. The van der Waals surface area contributed by atoms with Crippen molar-refractivity contribution in [3.05, 3.63) is 35.4 Å². The molecule has 5 nitrogen and oxygen atoms in total. The van der Waals surface area contributed by atoms with Crippen molar-refractivity contribution in [2.45, 2.75) is 57.9 Å². The summed E-state index contributed by atoms with van der Waals surface area (Å²) in [6.07, 6.45) is 3.87. The maximum absolute atomic E-state index is 12.5. The lowest BCUT2D eigenvalue weighted by molar-refractivity contribution is -0.0704. The second-order valence-corrected chi connectivity index (χ2v) is 7.65. The largest absolute Gasteiger partial charge is 0.373 e. The molecule has 0 spiro atoms. The van der Waals surface area contributed by atoms with Gasteiger partial charge in [-0.3, -0.25) is 9.69 Å². The Morgan fingerprint density at radius 3 is 2.52 bits per heavy atom. The van der Waals surface area contributed by atoms with Crippen LogP contribution in [0.25, 0.3) is 0 Å². The van der Waals surface area contributed by atoms with E-state index in [0.717, 1.165) is 44.5 Å². The Morgan fingerprint density at radius 2 is 1.88 bits per heavy atom. The van der Waals surface area contributed by atoms with E-state index in [1.54, 1.807) is 0 Å². The maximum Gasteiger partial charge on any atom is 0.251 e. The van der Waals surface area contributed by atoms with Crippen molar-refractivity contribution in [3.8, 4) is 0 Å². The fourth-order valence-corrected chi connectivity index (χ4v) is 4.19. The van der Waals surface area contributed by atoms with Gasteiger partial charge in [0.25, 0.3) is 5.91 Å². The van der Waals surface area contributed by atoms with Gasteiger partial charge in [0.1, 0.15) is 0 Å². The van der Waals surface area contributed by atoms with Gasteiger partial charge >= 0.3 is 0 Å². The molecule has 3 rings (SSSR count). The second-order valence-electron chi connectivity index (χ2n) is 7.65. The molecule has 1 aromatic rings. The number of amides is 1. The van der Waals surface area contributed by atoms with E-state index >= 15 is 0 Å². The van der Waals surface area contributed by atoms with Gasteiger partial charge in [0.15, 0.2) is 0 Å². The maximum atomic E-state index is 12.5. The number of hydrogen-bond acceptors (Lipinski definition) is 4. The molecule has 0 aromatic heterocycles. The molecule has 1 saturated carbocycles. The van der Waals surface area contributed by atoms with E-state index in [1.807, 2.05) is 12.1 Å². The number of nitrogens with zero attached hydrogens (tertiary/aromatic N) is 1. The second kappa shape index (κ2) is 8.30. The van der Waals surface area contributed by atoms with Gasteiger partial charge in [-0.15, -0.1) is 0 Å². The molecule has 2 fully saturated rings. The van der Waals surface area contributed by atoms with Crippen LogP contribution in [0.3, 0.4) is 0 Å². The highest BCUT2D eigenvalue weighted by Crippen LogP contribution is 2.25. The Morgan fingerprint density at radius 1 is 1.20 bits per heavy atom. The zero-order valence-corrected chi connectivity index (χ0v) is 15.4. The predicted octanol–water partition coefficient (Wildman–Crippen LogP) is 2.15. The minimum Gasteiger partial charge on any atom is -0.373 e. The molecule has 1 saturated heterocycles. The molecule has 1 aliphatic heterocycles. The molecule has 2 aliphatic rings. The van der Waals surface area contributed by atoms with Crippen LogP contribution in [0.1, 0.15) is 49.0 Å². The van der Waals surface area contributed by atoms with E-state index in [2.05, 4.69) is 36.2 Å². The number of morpholine rings is 1. The summed E-state index contributed by atoms with van der Waals surface area (Å²) in [5, 5.41) is 3.16. The summed E-state index contributed by atoms with van der Waals surface area (Å²) in [5.41, 5.74) is 7.77. The van der Waals surface area contributed by atoms with Crippen LogP contribution in [0, 0.1) is 5.92 Å². The molecule has 0 radical (unpaired) electrons. The molecule has 1 aromatic carbocycles. The van der Waals surface area contributed by atoms with E-state index in [1.165, 1.54) is 5.56 Å². The third kappa shape index (κ3) is 4.81. The Balaban J connectivity index is 1.55. The van der Waals surface area contributed by atoms with Crippen LogP contribution in [0.4, 0.5) is 0 Å². The lowest BCUT2D eigenvalue weighted by atomic mass is 10.0. The molecule has 138 valence electrons. The number of hydrogen-bond donors (Lipinski definition) is 2. The van der Waals surface area contributed by atoms with Crippen molar-refractivity contribution in [2.24, 2.45) is 11.7 Å². The molecule has 3 N–H and O–H groups in total. The van der Waals surface area contributed by atoms with Crippen LogP contribution in [0.15, 0.2) is 24.3 Å². The highest BCUT2D eigenvalue weighted by Gasteiger charge is 2.27. The van der Waals surface area contributed by atoms with Gasteiger partial charge < -0.3 is 15.8 Å². The molecule has 0 bridgehead atoms. The summed E-state index contributed by atoms with van der Waals surface area (Å²) in [4.78, 5) is 14.9. The molecular weight excluding hydrogens is 314 g/mol. The first-order chi connectivity index (χ1) is 12.0. The van der Waals surface area contributed by atoms with Crippen molar-refractivity contribution >= 4 is 5.91 Å². The summed E-state index contributed by atoms with van der Waals surface area (Å²) in [7, 11) is 0. The average molecular weight is 345 g/mol. The molecule has 1 aliphatic carbocycles. The lowest BCUT2D eigenvalue weighted by Gasteiger charge is -2.35. The quantitative estimate of drug-likeness (QED) is 0.858. The van der Waals surface area contributed by atoms with Crippen molar-refractivity contribution in [1.82, 2.24) is 10.2 Å². The Bertz CT molecular complexity index is 565. The third-order valence-electron chi connectivity index (χ3n) is 5.40. The van der Waals surface area contributed by atoms with Crippen molar-refractivity contribution in [2.75, 3.05) is 19.6 Å². The van der Waals surface area contributed by atoms with Gasteiger partial charge in [0.2, 0.25) is 0 Å². The summed E-state index contributed by atoms with van der Waals surface area (Å²) in [5.74, 6) is 0.444. The molecule has 1 amide bonds. The Kier molecular flexibility index (Phi) is 6.10. The zero-order chi connectivity index (χ0) is 17.8. The van der Waals surface area contributed by atoms with Crippen LogP contribution in [0.2, 0.25) is 0 Å². The van der Waals surface area contributed by atoms with E-state index in [4.69, 9.17) is 10.5 Å². The van der Waals surface area contributed by atoms with Gasteiger partial charge in [-0.05, 0) is 56.8 Å². The third-order valence-corrected chi connectivity index (χ3v) is 5.40.